The van der Waals surface area contributed by atoms with E-state index in [0.717, 1.165) is 25.7 Å². The minimum atomic E-state index is 0.174. The van der Waals surface area contributed by atoms with Gasteiger partial charge >= 0.3 is 0 Å². The van der Waals surface area contributed by atoms with E-state index < -0.39 is 0 Å². The highest BCUT2D eigenvalue weighted by atomic mass is 16.5. The molecule has 0 fully saturated rings. The zero-order valence-electron chi connectivity index (χ0n) is 12.3. The third kappa shape index (κ3) is 7.12. The predicted molar refractivity (Wildman–Crippen MR) is 78.9 cm³/mol. The summed E-state index contributed by atoms with van der Waals surface area (Å²) in [5.74, 6) is 1.29. The minimum Gasteiger partial charge on any atom is -0.376 e. The standard InChI is InChI=1S/C17H26O2/c1-14(9-15(2)11-18)10-16(3)12-19-13-17-7-5-4-6-8-17/h4-8,11,14-16H,9-10,12-13H2,1-3H3/t14-,15-,16-/m0/s1. The highest BCUT2D eigenvalue weighted by molar-refractivity contribution is 5.52. The SMILES string of the molecule is C[C@H](COCc1ccccc1)C[C@@H](C)C[C@H](C)C=O. The number of rotatable bonds is 9. The van der Waals surface area contributed by atoms with Crippen molar-refractivity contribution >= 4 is 6.29 Å². The first-order chi connectivity index (χ1) is 9.11. The first kappa shape index (κ1) is 15.9. The lowest BCUT2D eigenvalue weighted by atomic mass is 9.90. The van der Waals surface area contributed by atoms with Crippen LogP contribution in [0.5, 0.6) is 0 Å². The first-order valence-electron chi connectivity index (χ1n) is 7.18. The molecule has 0 saturated carbocycles. The number of carbonyl (C=O) groups excluding carboxylic acids is 1. The van der Waals surface area contributed by atoms with Crippen LogP contribution in [0.2, 0.25) is 0 Å². The van der Waals surface area contributed by atoms with Crippen LogP contribution in [-0.4, -0.2) is 12.9 Å². The molecule has 1 rings (SSSR count). The Morgan fingerprint density at radius 3 is 2.37 bits per heavy atom. The lowest BCUT2D eigenvalue weighted by molar-refractivity contribution is -0.111. The molecule has 0 aliphatic heterocycles. The summed E-state index contributed by atoms with van der Waals surface area (Å²) in [6.45, 7) is 7.89. The second kappa shape index (κ2) is 8.87. The number of hydrogen-bond acceptors (Lipinski definition) is 2. The van der Waals surface area contributed by atoms with Gasteiger partial charge < -0.3 is 9.53 Å². The fourth-order valence-corrected chi connectivity index (χ4v) is 2.49. The van der Waals surface area contributed by atoms with Crippen molar-refractivity contribution in [2.75, 3.05) is 6.61 Å². The average Bonchev–Trinajstić information content (AvgIpc) is 2.39. The van der Waals surface area contributed by atoms with Gasteiger partial charge in [-0.15, -0.1) is 0 Å². The molecule has 3 atom stereocenters. The molecular weight excluding hydrogens is 236 g/mol. The van der Waals surface area contributed by atoms with E-state index in [1.807, 2.05) is 25.1 Å². The summed E-state index contributed by atoms with van der Waals surface area (Å²) in [5.41, 5.74) is 1.22. The molecule has 0 radical (unpaired) electrons. The Bertz CT molecular complexity index is 348. The summed E-state index contributed by atoms with van der Waals surface area (Å²) < 4.78 is 5.74. The number of carbonyl (C=O) groups is 1. The Morgan fingerprint density at radius 2 is 1.74 bits per heavy atom. The van der Waals surface area contributed by atoms with E-state index in [2.05, 4.69) is 26.0 Å². The largest absolute Gasteiger partial charge is 0.376 e. The van der Waals surface area contributed by atoms with Crippen LogP contribution in [0.4, 0.5) is 0 Å². The van der Waals surface area contributed by atoms with E-state index in [4.69, 9.17) is 4.74 Å². The van der Waals surface area contributed by atoms with Crippen molar-refractivity contribution in [2.24, 2.45) is 17.8 Å². The smallest absolute Gasteiger partial charge is 0.122 e. The zero-order valence-corrected chi connectivity index (χ0v) is 12.3. The lowest BCUT2D eigenvalue weighted by Gasteiger charge is -2.18. The van der Waals surface area contributed by atoms with Crippen LogP contribution in [0.1, 0.15) is 39.2 Å². The monoisotopic (exact) mass is 262 g/mol. The van der Waals surface area contributed by atoms with Gasteiger partial charge in [-0.2, -0.15) is 0 Å². The number of ether oxygens (including phenoxy) is 1. The van der Waals surface area contributed by atoms with Crippen LogP contribution >= 0.6 is 0 Å². The van der Waals surface area contributed by atoms with Crippen molar-refractivity contribution in [1.29, 1.82) is 0 Å². The fourth-order valence-electron chi connectivity index (χ4n) is 2.49. The highest BCUT2D eigenvalue weighted by Gasteiger charge is 2.12. The molecule has 0 aromatic heterocycles. The average molecular weight is 262 g/mol. The summed E-state index contributed by atoms with van der Waals surface area (Å²) in [5, 5.41) is 0. The minimum absolute atomic E-state index is 0.174. The van der Waals surface area contributed by atoms with Crippen LogP contribution in [-0.2, 0) is 16.1 Å². The second-order valence-electron chi connectivity index (χ2n) is 5.80. The fraction of sp³-hybridized carbons (Fsp3) is 0.588. The molecule has 0 unspecified atom stereocenters. The molecule has 106 valence electrons. The van der Waals surface area contributed by atoms with Crippen molar-refractivity contribution < 1.29 is 9.53 Å². The normalized spacial score (nSPS) is 15.7. The predicted octanol–water partition coefficient (Wildman–Crippen LogP) is 4.09. The highest BCUT2D eigenvalue weighted by Crippen LogP contribution is 2.19. The van der Waals surface area contributed by atoms with E-state index in [1.54, 1.807) is 0 Å². The van der Waals surface area contributed by atoms with Gasteiger partial charge in [-0.05, 0) is 30.2 Å². The summed E-state index contributed by atoms with van der Waals surface area (Å²) in [7, 11) is 0. The second-order valence-corrected chi connectivity index (χ2v) is 5.80. The molecule has 2 heteroatoms. The van der Waals surface area contributed by atoms with E-state index in [0.29, 0.717) is 18.4 Å². The van der Waals surface area contributed by atoms with Gasteiger partial charge in [-0.25, -0.2) is 0 Å². The molecule has 0 saturated heterocycles. The van der Waals surface area contributed by atoms with Crippen LogP contribution in [0.15, 0.2) is 30.3 Å². The van der Waals surface area contributed by atoms with Crippen molar-refractivity contribution in [3.63, 3.8) is 0 Å². The van der Waals surface area contributed by atoms with Crippen molar-refractivity contribution in [3.05, 3.63) is 35.9 Å². The quantitative estimate of drug-likeness (QED) is 0.626. The van der Waals surface area contributed by atoms with E-state index >= 15 is 0 Å². The summed E-state index contributed by atoms with van der Waals surface area (Å²) in [6, 6.07) is 10.2. The Labute approximate surface area is 117 Å². The van der Waals surface area contributed by atoms with Crippen LogP contribution in [0.3, 0.4) is 0 Å². The van der Waals surface area contributed by atoms with Gasteiger partial charge in [0.05, 0.1) is 6.61 Å². The summed E-state index contributed by atoms with van der Waals surface area (Å²) in [4.78, 5) is 10.6. The van der Waals surface area contributed by atoms with Gasteiger partial charge in [-0.3, -0.25) is 0 Å². The Hall–Kier alpha value is -1.15. The van der Waals surface area contributed by atoms with Gasteiger partial charge in [0.25, 0.3) is 0 Å². The van der Waals surface area contributed by atoms with Gasteiger partial charge in [0.15, 0.2) is 0 Å². The molecule has 0 bridgehead atoms. The van der Waals surface area contributed by atoms with Crippen LogP contribution in [0.25, 0.3) is 0 Å². The summed E-state index contributed by atoms with van der Waals surface area (Å²) in [6.07, 6.45) is 3.15. The molecular formula is C17H26O2. The van der Waals surface area contributed by atoms with E-state index in [-0.39, 0.29) is 5.92 Å². The molecule has 0 N–H and O–H groups in total. The molecule has 1 aromatic rings. The molecule has 0 amide bonds. The number of hydrogen-bond donors (Lipinski definition) is 0. The topological polar surface area (TPSA) is 26.3 Å². The molecule has 1 aromatic carbocycles. The van der Waals surface area contributed by atoms with Gasteiger partial charge in [-0.1, -0.05) is 51.1 Å². The van der Waals surface area contributed by atoms with Gasteiger partial charge in [0.1, 0.15) is 6.29 Å². The van der Waals surface area contributed by atoms with E-state index in [9.17, 15) is 4.79 Å². The lowest BCUT2D eigenvalue weighted by Crippen LogP contribution is -2.12. The number of aldehydes is 1. The maximum Gasteiger partial charge on any atom is 0.122 e. The molecule has 0 aliphatic rings. The third-order valence-electron chi connectivity index (χ3n) is 3.33. The van der Waals surface area contributed by atoms with Gasteiger partial charge in [0.2, 0.25) is 0 Å². The molecule has 19 heavy (non-hydrogen) atoms. The Balaban J connectivity index is 2.17. The van der Waals surface area contributed by atoms with E-state index in [1.165, 1.54) is 5.56 Å². The molecule has 0 spiro atoms. The number of benzene rings is 1. The third-order valence-corrected chi connectivity index (χ3v) is 3.33. The Kier molecular flexibility index (Phi) is 7.42. The van der Waals surface area contributed by atoms with Crippen molar-refractivity contribution in [3.8, 4) is 0 Å². The zero-order chi connectivity index (χ0) is 14.1. The van der Waals surface area contributed by atoms with Gasteiger partial charge in [0, 0.05) is 12.5 Å². The maximum absolute atomic E-state index is 10.6. The molecule has 2 nitrogen and oxygen atoms in total. The first-order valence-corrected chi connectivity index (χ1v) is 7.18. The Morgan fingerprint density at radius 1 is 1.05 bits per heavy atom. The molecule has 0 heterocycles. The van der Waals surface area contributed by atoms with Crippen LogP contribution < -0.4 is 0 Å². The van der Waals surface area contributed by atoms with Crippen molar-refractivity contribution in [1.82, 2.24) is 0 Å². The van der Waals surface area contributed by atoms with Crippen molar-refractivity contribution in [2.45, 2.75) is 40.2 Å². The van der Waals surface area contributed by atoms with Crippen LogP contribution in [0, 0.1) is 17.8 Å². The summed E-state index contributed by atoms with van der Waals surface area (Å²) >= 11 is 0. The maximum atomic E-state index is 10.6. The molecule has 0 aliphatic carbocycles.